The molecule has 2 aromatic heterocycles. The molecule has 2 aromatic carbocycles. The van der Waals surface area contributed by atoms with Crippen LogP contribution in [-0.4, -0.2) is 33.8 Å². The Kier molecular flexibility index (Phi) is 3.08. The van der Waals surface area contributed by atoms with Crippen LogP contribution in [0.3, 0.4) is 0 Å². The fraction of sp³-hybridized carbons (Fsp3) is 0.118. The minimum Gasteiger partial charge on any atom is -0.497 e. The summed E-state index contributed by atoms with van der Waals surface area (Å²) in [4.78, 5) is 9.08. The van der Waals surface area contributed by atoms with Gasteiger partial charge in [0.25, 0.3) is 0 Å². The number of hydrogen-bond donors (Lipinski definition) is 0. The molecule has 0 radical (unpaired) electrons. The third kappa shape index (κ3) is 2.15. The fourth-order valence-corrected chi connectivity index (χ4v) is 2.58. The molecule has 4 aromatic rings. The molecule has 0 saturated carbocycles. The fourth-order valence-electron chi connectivity index (χ4n) is 2.58. The van der Waals surface area contributed by atoms with Gasteiger partial charge in [-0.05, 0) is 36.4 Å². The summed E-state index contributed by atoms with van der Waals surface area (Å²) in [5.41, 5.74) is 2.46. The van der Waals surface area contributed by atoms with E-state index in [-0.39, 0.29) is 0 Å². The van der Waals surface area contributed by atoms with Crippen LogP contribution in [0.4, 0.5) is 0 Å². The lowest BCUT2D eigenvalue weighted by molar-refractivity contribution is 0.415. The molecule has 0 unspecified atom stereocenters. The number of aromatic nitrogens is 4. The van der Waals surface area contributed by atoms with Gasteiger partial charge in [0, 0.05) is 5.56 Å². The van der Waals surface area contributed by atoms with Gasteiger partial charge in [0.05, 0.1) is 25.1 Å². The molecule has 0 aliphatic carbocycles. The normalized spacial score (nSPS) is 11.0. The number of fused-ring (bicyclic) bond motifs is 3. The van der Waals surface area contributed by atoms with Crippen LogP contribution in [0.1, 0.15) is 0 Å². The molecule has 114 valence electrons. The molecule has 0 spiro atoms. The van der Waals surface area contributed by atoms with Crippen molar-refractivity contribution in [1.29, 1.82) is 0 Å². The maximum atomic E-state index is 5.44. The number of benzene rings is 2. The number of hydrogen-bond acceptors (Lipinski definition) is 5. The Morgan fingerprint density at radius 1 is 0.957 bits per heavy atom. The molecule has 0 amide bonds. The molecule has 0 aliphatic rings. The molecule has 0 bridgehead atoms. The Bertz CT molecular complexity index is 993. The van der Waals surface area contributed by atoms with Crippen molar-refractivity contribution in [2.24, 2.45) is 0 Å². The zero-order chi connectivity index (χ0) is 15.8. The van der Waals surface area contributed by atoms with Gasteiger partial charge in [-0.1, -0.05) is 6.07 Å². The standard InChI is InChI=1S/C17H14N4O2/c1-22-12-8-6-11(7-9-12)16-19-17-15-13(18-10-21(17)20-16)4-3-5-14(15)23-2/h3-10H,1-2H3. The summed E-state index contributed by atoms with van der Waals surface area (Å²) in [6.45, 7) is 0. The Morgan fingerprint density at radius 2 is 1.78 bits per heavy atom. The second-order valence-corrected chi connectivity index (χ2v) is 5.03. The van der Waals surface area contributed by atoms with Gasteiger partial charge in [-0.2, -0.15) is 0 Å². The molecule has 0 aliphatic heterocycles. The van der Waals surface area contributed by atoms with Crippen molar-refractivity contribution in [3.8, 4) is 22.9 Å². The largest absolute Gasteiger partial charge is 0.497 e. The van der Waals surface area contributed by atoms with E-state index in [9.17, 15) is 0 Å². The average Bonchev–Trinajstić information content (AvgIpc) is 3.05. The van der Waals surface area contributed by atoms with Crippen LogP contribution in [0.15, 0.2) is 48.8 Å². The SMILES string of the molecule is COc1ccc(-c2nc3c4c(OC)cccc4ncn3n2)cc1. The molecule has 6 nitrogen and oxygen atoms in total. The van der Waals surface area contributed by atoms with Gasteiger partial charge in [0.15, 0.2) is 11.5 Å². The summed E-state index contributed by atoms with van der Waals surface area (Å²) < 4.78 is 12.3. The maximum Gasteiger partial charge on any atom is 0.182 e. The van der Waals surface area contributed by atoms with E-state index in [1.165, 1.54) is 0 Å². The lowest BCUT2D eigenvalue weighted by Gasteiger charge is -2.04. The van der Waals surface area contributed by atoms with Crippen molar-refractivity contribution >= 4 is 16.6 Å². The predicted octanol–water partition coefficient (Wildman–Crippen LogP) is 2.96. The summed E-state index contributed by atoms with van der Waals surface area (Å²) in [6.07, 6.45) is 1.66. The monoisotopic (exact) mass is 306 g/mol. The van der Waals surface area contributed by atoms with Crippen LogP contribution in [-0.2, 0) is 0 Å². The van der Waals surface area contributed by atoms with Crippen LogP contribution in [0.25, 0.3) is 27.9 Å². The summed E-state index contributed by atoms with van der Waals surface area (Å²) in [5, 5.41) is 5.36. The highest BCUT2D eigenvalue weighted by Gasteiger charge is 2.13. The molecule has 4 rings (SSSR count). The van der Waals surface area contributed by atoms with Gasteiger partial charge >= 0.3 is 0 Å². The van der Waals surface area contributed by atoms with Gasteiger partial charge in [0.2, 0.25) is 0 Å². The molecule has 23 heavy (non-hydrogen) atoms. The van der Waals surface area contributed by atoms with Crippen molar-refractivity contribution in [2.75, 3.05) is 14.2 Å². The molecule has 2 heterocycles. The molecular formula is C17H14N4O2. The summed E-state index contributed by atoms with van der Waals surface area (Å²) >= 11 is 0. The number of methoxy groups -OCH3 is 2. The summed E-state index contributed by atoms with van der Waals surface area (Å²) in [6, 6.07) is 13.4. The Morgan fingerprint density at radius 3 is 2.52 bits per heavy atom. The Hall–Kier alpha value is -3.15. The average molecular weight is 306 g/mol. The first kappa shape index (κ1) is 13.5. The lowest BCUT2D eigenvalue weighted by atomic mass is 10.2. The van der Waals surface area contributed by atoms with E-state index < -0.39 is 0 Å². The Labute approximate surface area is 132 Å². The first-order valence-corrected chi connectivity index (χ1v) is 7.12. The highest BCUT2D eigenvalue weighted by Crippen LogP contribution is 2.28. The smallest absolute Gasteiger partial charge is 0.182 e. The molecule has 0 saturated heterocycles. The quantitative estimate of drug-likeness (QED) is 0.582. The zero-order valence-electron chi connectivity index (χ0n) is 12.7. The van der Waals surface area contributed by atoms with Crippen molar-refractivity contribution in [2.45, 2.75) is 0 Å². The van der Waals surface area contributed by atoms with E-state index in [4.69, 9.17) is 9.47 Å². The molecule has 6 heteroatoms. The second-order valence-electron chi connectivity index (χ2n) is 5.03. The topological polar surface area (TPSA) is 61.5 Å². The van der Waals surface area contributed by atoms with Crippen LogP contribution < -0.4 is 9.47 Å². The van der Waals surface area contributed by atoms with Gasteiger partial charge in [-0.15, -0.1) is 5.10 Å². The van der Waals surface area contributed by atoms with E-state index in [0.717, 1.165) is 33.6 Å². The van der Waals surface area contributed by atoms with Gasteiger partial charge in [0.1, 0.15) is 17.8 Å². The summed E-state index contributed by atoms with van der Waals surface area (Å²) in [7, 11) is 3.28. The molecule has 0 fully saturated rings. The number of ether oxygens (including phenoxy) is 2. The van der Waals surface area contributed by atoms with Crippen molar-refractivity contribution in [3.63, 3.8) is 0 Å². The van der Waals surface area contributed by atoms with Gasteiger partial charge in [-0.25, -0.2) is 14.5 Å². The third-order valence-corrected chi connectivity index (χ3v) is 3.73. The molecule has 0 atom stereocenters. The second kappa shape index (κ2) is 5.24. The minimum atomic E-state index is 0.632. The minimum absolute atomic E-state index is 0.632. The zero-order valence-corrected chi connectivity index (χ0v) is 12.7. The first-order chi connectivity index (χ1) is 11.3. The summed E-state index contributed by atoms with van der Waals surface area (Å²) in [5.74, 6) is 2.16. The lowest BCUT2D eigenvalue weighted by Crippen LogP contribution is -1.93. The molecule has 0 N–H and O–H groups in total. The van der Waals surface area contributed by atoms with Crippen LogP contribution in [0.5, 0.6) is 11.5 Å². The van der Waals surface area contributed by atoms with Crippen molar-refractivity contribution in [3.05, 3.63) is 48.8 Å². The van der Waals surface area contributed by atoms with E-state index in [1.54, 1.807) is 25.1 Å². The van der Waals surface area contributed by atoms with Crippen LogP contribution in [0.2, 0.25) is 0 Å². The Balaban J connectivity index is 1.94. The highest BCUT2D eigenvalue weighted by atomic mass is 16.5. The van der Waals surface area contributed by atoms with Crippen molar-refractivity contribution in [1.82, 2.24) is 19.6 Å². The predicted molar refractivity (Wildman–Crippen MR) is 86.8 cm³/mol. The van der Waals surface area contributed by atoms with Crippen LogP contribution >= 0.6 is 0 Å². The van der Waals surface area contributed by atoms with E-state index in [1.807, 2.05) is 42.5 Å². The van der Waals surface area contributed by atoms with E-state index >= 15 is 0 Å². The number of rotatable bonds is 3. The highest BCUT2D eigenvalue weighted by molar-refractivity contribution is 5.96. The molecular weight excluding hydrogens is 292 g/mol. The van der Waals surface area contributed by atoms with Gasteiger partial charge in [-0.3, -0.25) is 0 Å². The third-order valence-electron chi connectivity index (χ3n) is 3.73. The van der Waals surface area contributed by atoms with E-state index in [0.29, 0.717) is 5.82 Å². The number of nitrogens with zero attached hydrogens (tertiary/aromatic N) is 4. The van der Waals surface area contributed by atoms with Gasteiger partial charge < -0.3 is 9.47 Å². The maximum absolute atomic E-state index is 5.44. The van der Waals surface area contributed by atoms with Crippen molar-refractivity contribution < 1.29 is 9.47 Å². The van der Waals surface area contributed by atoms with E-state index in [2.05, 4.69) is 15.1 Å². The van der Waals surface area contributed by atoms with Crippen LogP contribution in [0, 0.1) is 0 Å². The first-order valence-electron chi connectivity index (χ1n) is 7.12.